The van der Waals surface area contributed by atoms with Crippen LogP contribution in [0.4, 0.5) is 5.82 Å². The minimum Gasteiger partial charge on any atom is -0.310 e. The SMILES string of the molecule is Cl.Cn1nc(C2CCCCC2)cc1NC(=O)CNCC1CC1. The highest BCUT2D eigenvalue weighted by Gasteiger charge is 2.21. The first-order valence-electron chi connectivity index (χ1n) is 8.27. The van der Waals surface area contributed by atoms with Crippen LogP contribution in [0.25, 0.3) is 0 Å². The molecule has 22 heavy (non-hydrogen) atoms. The molecule has 0 saturated heterocycles. The van der Waals surface area contributed by atoms with Crippen LogP contribution in [-0.4, -0.2) is 28.8 Å². The summed E-state index contributed by atoms with van der Waals surface area (Å²) in [5, 5.41) is 10.8. The second kappa shape index (κ2) is 7.97. The molecular weight excluding hydrogens is 300 g/mol. The van der Waals surface area contributed by atoms with Crippen molar-refractivity contribution in [2.45, 2.75) is 50.9 Å². The molecule has 1 aromatic heterocycles. The highest BCUT2D eigenvalue weighted by atomic mass is 35.5. The van der Waals surface area contributed by atoms with Gasteiger partial charge in [0.25, 0.3) is 0 Å². The summed E-state index contributed by atoms with van der Waals surface area (Å²) in [4.78, 5) is 11.9. The Hall–Kier alpha value is -1.07. The lowest BCUT2D eigenvalue weighted by atomic mass is 9.87. The van der Waals surface area contributed by atoms with E-state index >= 15 is 0 Å². The summed E-state index contributed by atoms with van der Waals surface area (Å²) in [7, 11) is 1.90. The first kappa shape index (κ1) is 17.3. The van der Waals surface area contributed by atoms with Gasteiger partial charge in [0.15, 0.2) is 0 Å². The molecule has 0 bridgehead atoms. The van der Waals surface area contributed by atoms with Gasteiger partial charge in [-0.1, -0.05) is 19.3 Å². The van der Waals surface area contributed by atoms with Gasteiger partial charge in [-0.15, -0.1) is 12.4 Å². The van der Waals surface area contributed by atoms with Crippen molar-refractivity contribution in [3.63, 3.8) is 0 Å². The summed E-state index contributed by atoms with van der Waals surface area (Å²) in [6, 6.07) is 2.05. The van der Waals surface area contributed by atoms with Crippen molar-refractivity contribution in [2.75, 3.05) is 18.4 Å². The molecule has 1 aromatic rings. The molecule has 2 fully saturated rings. The Balaban J connectivity index is 0.00000176. The first-order valence-corrected chi connectivity index (χ1v) is 8.27. The van der Waals surface area contributed by atoms with Gasteiger partial charge in [-0.05, 0) is 38.1 Å². The molecule has 1 heterocycles. The molecule has 0 aliphatic heterocycles. The summed E-state index contributed by atoms with van der Waals surface area (Å²) in [5.74, 6) is 2.21. The van der Waals surface area contributed by atoms with Crippen LogP contribution in [0.1, 0.15) is 56.6 Å². The van der Waals surface area contributed by atoms with E-state index in [2.05, 4.69) is 21.8 Å². The van der Waals surface area contributed by atoms with E-state index in [0.717, 1.165) is 24.0 Å². The van der Waals surface area contributed by atoms with Crippen LogP contribution in [0.2, 0.25) is 0 Å². The van der Waals surface area contributed by atoms with Gasteiger partial charge in [0.05, 0.1) is 12.2 Å². The number of anilines is 1. The van der Waals surface area contributed by atoms with E-state index in [1.807, 2.05) is 7.05 Å². The fourth-order valence-electron chi connectivity index (χ4n) is 3.10. The number of amides is 1. The van der Waals surface area contributed by atoms with Crippen molar-refractivity contribution < 1.29 is 4.79 Å². The topological polar surface area (TPSA) is 59.0 Å². The number of carbonyl (C=O) groups is 1. The number of halogens is 1. The number of nitrogens with zero attached hydrogens (tertiary/aromatic N) is 2. The number of carbonyl (C=O) groups excluding carboxylic acids is 1. The van der Waals surface area contributed by atoms with E-state index in [0.29, 0.717) is 12.5 Å². The van der Waals surface area contributed by atoms with Gasteiger partial charge in [-0.2, -0.15) is 5.10 Å². The van der Waals surface area contributed by atoms with Crippen LogP contribution in [0.5, 0.6) is 0 Å². The van der Waals surface area contributed by atoms with Gasteiger partial charge in [0, 0.05) is 19.0 Å². The van der Waals surface area contributed by atoms with Crippen LogP contribution in [-0.2, 0) is 11.8 Å². The molecule has 3 rings (SSSR count). The summed E-state index contributed by atoms with van der Waals surface area (Å²) in [6.45, 7) is 1.35. The molecule has 2 N–H and O–H groups in total. The summed E-state index contributed by atoms with van der Waals surface area (Å²) in [6.07, 6.45) is 9.02. The van der Waals surface area contributed by atoms with Crippen LogP contribution in [0, 0.1) is 5.92 Å². The maximum atomic E-state index is 11.9. The molecule has 1 amide bonds. The molecule has 124 valence electrons. The minimum absolute atomic E-state index is 0. The molecule has 5 nitrogen and oxygen atoms in total. The van der Waals surface area contributed by atoms with Crippen LogP contribution >= 0.6 is 12.4 Å². The van der Waals surface area contributed by atoms with E-state index in [4.69, 9.17) is 0 Å². The van der Waals surface area contributed by atoms with Gasteiger partial charge < -0.3 is 10.6 Å². The second-order valence-electron chi connectivity index (χ2n) is 6.54. The predicted octanol–water partition coefficient (Wildman–Crippen LogP) is 2.83. The van der Waals surface area contributed by atoms with Crippen LogP contribution < -0.4 is 10.6 Å². The summed E-state index contributed by atoms with van der Waals surface area (Å²) in [5.41, 5.74) is 1.14. The van der Waals surface area contributed by atoms with Crippen molar-refractivity contribution in [1.29, 1.82) is 0 Å². The molecule has 6 heteroatoms. The van der Waals surface area contributed by atoms with Gasteiger partial charge in [-0.3, -0.25) is 9.48 Å². The Morgan fingerprint density at radius 1 is 1.27 bits per heavy atom. The van der Waals surface area contributed by atoms with Crippen molar-refractivity contribution in [3.05, 3.63) is 11.8 Å². The Morgan fingerprint density at radius 2 is 2.00 bits per heavy atom. The zero-order valence-corrected chi connectivity index (χ0v) is 14.1. The highest BCUT2D eigenvalue weighted by molar-refractivity contribution is 5.91. The van der Waals surface area contributed by atoms with Crippen molar-refractivity contribution >= 4 is 24.1 Å². The molecule has 0 aromatic carbocycles. The maximum Gasteiger partial charge on any atom is 0.239 e. The molecule has 0 unspecified atom stereocenters. The predicted molar refractivity (Wildman–Crippen MR) is 90.5 cm³/mol. The third-order valence-corrected chi connectivity index (χ3v) is 4.61. The molecule has 2 aliphatic rings. The quantitative estimate of drug-likeness (QED) is 0.845. The maximum absolute atomic E-state index is 11.9. The van der Waals surface area contributed by atoms with E-state index in [9.17, 15) is 4.79 Å². The van der Waals surface area contributed by atoms with E-state index in [1.54, 1.807) is 4.68 Å². The zero-order valence-electron chi connectivity index (χ0n) is 13.3. The normalized spacial score (nSPS) is 18.8. The number of aromatic nitrogens is 2. The Labute approximate surface area is 138 Å². The molecule has 0 radical (unpaired) electrons. The minimum atomic E-state index is 0. The van der Waals surface area contributed by atoms with E-state index in [1.165, 1.54) is 44.9 Å². The monoisotopic (exact) mass is 326 g/mol. The lowest BCUT2D eigenvalue weighted by Gasteiger charge is -2.19. The first-order chi connectivity index (χ1) is 10.2. The zero-order chi connectivity index (χ0) is 14.7. The fraction of sp³-hybridized carbons (Fsp3) is 0.750. The molecular formula is C16H27ClN4O. The number of aryl methyl sites for hydroxylation is 1. The fourth-order valence-corrected chi connectivity index (χ4v) is 3.10. The molecule has 2 saturated carbocycles. The Kier molecular flexibility index (Phi) is 6.26. The Bertz CT molecular complexity index is 492. The number of hydrogen-bond acceptors (Lipinski definition) is 3. The molecule has 0 spiro atoms. The van der Waals surface area contributed by atoms with E-state index in [-0.39, 0.29) is 18.3 Å². The smallest absolute Gasteiger partial charge is 0.239 e. The summed E-state index contributed by atoms with van der Waals surface area (Å²) < 4.78 is 1.79. The third kappa shape index (κ3) is 4.71. The van der Waals surface area contributed by atoms with Crippen LogP contribution in [0.15, 0.2) is 6.07 Å². The van der Waals surface area contributed by atoms with Crippen LogP contribution in [0.3, 0.4) is 0 Å². The number of hydrogen-bond donors (Lipinski definition) is 2. The van der Waals surface area contributed by atoms with Gasteiger partial charge in [0.2, 0.25) is 5.91 Å². The van der Waals surface area contributed by atoms with Gasteiger partial charge >= 0.3 is 0 Å². The lowest BCUT2D eigenvalue weighted by molar-refractivity contribution is -0.115. The standard InChI is InChI=1S/C16H26N4O.ClH/c1-20-15(18-16(21)11-17-10-12-7-8-12)9-14(19-20)13-5-3-2-4-6-13;/h9,12-13,17H,2-8,10-11H2,1H3,(H,18,21);1H. The molecule has 2 aliphatic carbocycles. The van der Waals surface area contributed by atoms with Gasteiger partial charge in [0.1, 0.15) is 5.82 Å². The van der Waals surface area contributed by atoms with Crippen molar-refractivity contribution in [3.8, 4) is 0 Å². The number of nitrogens with one attached hydrogen (secondary N) is 2. The second-order valence-corrected chi connectivity index (χ2v) is 6.54. The average molecular weight is 327 g/mol. The number of rotatable bonds is 6. The summed E-state index contributed by atoms with van der Waals surface area (Å²) >= 11 is 0. The lowest BCUT2D eigenvalue weighted by Crippen LogP contribution is -2.30. The van der Waals surface area contributed by atoms with Crippen molar-refractivity contribution in [2.24, 2.45) is 13.0 Å². The molecule has 0 atom stereocenters. The third-order valence-electron chi connectivity index (χ3n) is 4.61. The highest BCUT2D eigenvalue weighted by Crippen LogP contribution is 2.32. The average Bonchev–Trinajstić information content (AvgIpc) is 3.24. The Morgan fingerprint density at radius 3 is 2.68 bits per heavy atom. The van der Waals surface area contributed by atoms with E-state index < -0.39 is 0 Å². The van der Waals surface area contributed by atoms with Gasteiger partial charge in [-0.25, -0.2) is 0 Å². The van der Waals surface area contributed by atoms with Crippen molar-refractivity contribution in [1.82, 2.24) is 15.1 Å². The largest absolute Gasteiger partial charge is 0.310 e.